The van der Waals surface area contributed by atoms with Crippen molar-refractivity contribution >= 4 is 21.8 Å². The predicted molar refractivity (Wildman–Crippen MR) is 67.5 cm³/mol. The van der Waals surface area contributed by atoms with Gasteiger partial charge in [-0.2, -0.15) is 0 Å². The second-order valence-electron chi connectivity index (χ2n) is 3.78. The van der Waals surface area contributed by atoms with E-state index in [0.717, 1.165) is 23.1 Å². The molecule has 0 aliphatic carbocycles. The summed E-state index contributed by atoms with van der Waals surface area (Å²) in [5.41, 5.74) is 1.02. The maximum Gasteiger partial charge on any atom is 0.222 e. The Kier molecular flexibility index (Phi) is 3.83. The number of carbonyl (C=O) groups excluding carboxylic acids is 1. The number of allylic oxidation sites excluding steroid dienone is 3. The lowest BCUT2D eigenvalue weighted by Gasteiger charge is -2.15. The normalized spacial score (nSPS) is 22.6. The number of halogens is 1. The van der Waals surface area contributed by atoms with Crippen molar-refractivity contribution in [1.82, 2.24) is 10.2 Å². The molecule has 0 unspecified atom stereocenters. The number of hydrogen-bond acceptors (Lipinski definition) is 2. The molecule has 1 radical (unpaired) electrons. The molecule has 3 nitrogen and oxygen atoms in total. The van der Waals surface area contributed by atoms with Gasteiger partial charge in [0.15, 0.2) is 0 Å². The molecule has 4 heteroatoms. The summed E-state index contributed by atoms with van der Waals surface area (Å²) in [6.07, 6.45) is 11.5. The zero-order valence-electron chi connectivity index (χ0n) is 8.95. The van der Waals surface area contributed by atoms with Crippen LogP contribution in [0.15, 0.2) is 34.6 Å². The van der Waals surface area contributed by atoms with Gasteiger partial charge in [0.25, 0.3) is 0 Å². The summed E-state index contributed by atoms with van der Waals surface area (Å²) in [5, 5.41) is 3.14. The molecule has 2 aliphatic rings. The molecule has 2 heterocycles. The molecule has 0 aromatic carbocycles. The summed E-state index contributed by atoms with van der Waals surface area (Å²) in [5.74, 6) is 0.265. The first-order chi connectivity index (χ1) is 7.77. The SMILES string of the molecule is O=C1CCCN1C[CH]C=C1NC=CC=C1Br. The predicted octanol–water partition coefficient (Wildman–Crippen LogP) is 2.09. The lowest BCUT2D eigenvalue weighted by molar-refractivity contribution is -0.127. The number of carbonyl (C=O) groups is 1. The van der Waals surface area contributed by atoms with Gasteiger partial charge in [0.1, 0.15) is 0 Å². The molecule has 0 bridgehead atoms. The third-order valence-corrected chi connectivity index (χ3v) is 3.31. The molecule has 2 rings (SSSR count). The Hall–Kier alpha value is -1.03. The maximum absolute atomic E-state index is 11.4. The van der Waals surface area contributed by atoms with Crippen LogP contribution in [-0.2, 0) is 4.79 Å². The molecule has 16 heavy (non-hydrogen) atoms. The van der Waals surface area contributed by atoms with Crippen molar-refractivity contribution in [3.8, 4) is 0 Å². The third-order valence-electron chi connectivity index (χ3n) is 2.62. The van der Waals surface area contributed by atoms with E-state index in [1.807, 2.05) is 35.7 Å². The number of nitrogens with one attached hydrogen (secondary N) is 1. The highest BCUT2D eigenvalue weighted by molar-refractivity contribution is 9.12. The molecule has 2 aliphatic heterocycles. The minimum Gasteiger partial charge on any atom is -0.361 e. The first-order valence-electron chi connectivity index (χ1n) is 5.38. The standard InChI is InChI=1S/C12H14BrN2O/c13-10-4-1-7-14-11(10)5-2-8-15-9-3-6-12(15)16/h1-2,4-5,7,14H,3,6,8-9H2. The van der Waals surface area contributed by atoms with Gasteiger partial charge in [0.2, 0.25) is 5.91 Å². The Morgan fingerprint density at radius 3 is 3.12 bits per heavy atom. The first kappa shape index (κ1) is 11.5. The molecule has 0 spiro atoms. The monoisotopic (exact) mass is 281 g/mol. The van der Waals surface area contributed by atoms with Crippen LogP contribution in [0.1, 0.15) is 12.8 Å². The highest BCUT2D eigenvalue weighted by Gasteiger charge is 2.18. The number of amides is 1. The topological polar surface area (TPSA) is 32.3 Å². The van der Waals surface area contributed by atoms with E-state index in [1.54, 1.807) is 0 Å². The zero-order chi connectivity index (χ0) is 11.4. The number of rotatable bonds is 3. The van der Waals surface area contributed by atoms with Gasteiger partial charge in [-0.05, 0) is 34.5 Å². The maximum atomic E-state index is 11.4. The van der Waals surface area contributed by atoms with Gasteiger partial charge in [-0.25, -0.2) is 0 Å². The van der Waals surface area contributed by atoms with Gasteiger partial charge >= 0.3 is 0 Å². The Morgan fingerprint density at radius 2 is 2.44 bits per heavy atom. The van der Waals surface area contributed by atoms with E-state index in [1.165, 1.54) is 0 Å². The zero-order valence-corrected chi connectivity index (χ0v) is 10.5. The van der Waals surface area contributed by atoms with Crippen molar-refractivity contribution < 1.29 is 4.79 Å². The second-order valence-corrected chi connectivity index (χ2v) is 4.63. The number of nitrogens with zero attached hydrogens (tertiary/aromatic N) is 1. The lowest BCUT2D eigenvalue weighted by atomic mass is 10.2. The van der Waals surface area contributed by atoms with Crippen LogP contribution in [0.5, 0.6) is 0 Å². The van der Waals surface area contributed by atoms with E-state index in [4.69, 9.17) is 0 Å². The van der Waals surface area contributed by atoms with E-state index in [-0.39, 0.29) is 5.91 Å². The average Bonchev–Trinajstić information content (AvgIpc) is 2.67. The van der Waals surface area contributed by atoms with Crippen molar-refractivity contribution in [2.75, 3.05) is 13.1 Å². The van der Waals surface area contributed by atoms with Gasteiger partial charge in [0.05, 0.1) is 0 Å². The van der Waals surface area contributed by atoms with Gasteiger partial charge in [-0.1, -0.05) is 6.08 Å². The second kappa shape index (κ2) is 5.34. The van der Waals surface area contributed by atoms with E-state index >= 15 is 0 Å². The van der Waals surface area contributed by atoms with E-state index in [2.05, 4.69) is 21.2 Å². The molecule has 1 N–H and O–H groups in total. The minimum absolute atomic E-state index is 0.265. The molecule has 1 saturated heterocycles. The smallest absolute Gasteiger partial charge is 0.222 e. The highest BCUT2D eigenvalue weighted by atomic mass is 79.9. The van der Waals surface area contributed by atoms with E-state index in [9.17, 15) is 4.79 Å². The molecule has 1 amide bonds. The Labute approximate surface area is 104 Å². The molecule has 1 fully saturated rings. The van der Waals surface area contributed by atoms with Gasteiger partial charge < -0.3 is 10.2 Å². The summed E-state index contributed by atoms with van der Waals surface area (Å²) in [4.78, 5) is 13.2. The van der Waals surface area contributed by atoms with Gasteiger partial charge in [0, 0.05) is 42.3 Å². The van der Waals surface area contributed by atoms with Crippen molar-refractivity contribution in [2.24, 2.45) is 0 Å². The average molecular weight is 282 g/mol. The van der Waals surface area contributed by atoms with Crippen LogP contribution in [0.2, 0.25) is 0 Å². The minimum atomic E-state index is 0.265. The summed E-state index contributed by atoms with van der Waals surface area (Å²) >= 11 is 3.46. The Balaban J connectivity index is 1.83. The summed E-state index contributed by atoms with van der Waals surface area (Å²) in [7, 11) is 0. The Bertz CT molecular complexity index is 371. The summed E-state index contributed by atoms with van der Waals surface area (Å²) < 4.78 is 1.03. The number of likely N-dealkylation sites (tertiary alicyclic amines) is 1. The van der Waals surface area contributed by atoms with E-state index < -0.39 is 0 Å². The molecule has 85 valence electrons. The van der Waals surface area contributed by atoms with Gasteiger partial charge in [-0.15, -0.1) is 0 Å². The van der Waals surface area contributed by atoms with Crippen LogP contribution in [0, 0.1) is 6.42 Å². The largest absolute Gasteiger partial charge is 0.361 e. The van der Waals surface area contributed by atoms with Crippen LogP contribution in [0.25, 0.3) is 0 Å². The van der Waals surface area contributed by atoms with E-state index in [0.29, 0.717) is 13.0 Å². The summed E-state index contributed by atoms with van der Waals surface area (Å²) in [6.45, 7) is 1.59. The van der Waals surface area contributed by atoms with Crippen molar-refractivity contribution in [3.63, 3.8) is 0 Å². The Morgan fingerprint density at radius 1 is 1.56 bits per heavy atom. The lowest BCUT2D eigenvalue weighted by Crippen LogP contribution is -2.25. The van der Waals surface area contributed by atoms with Crippen LogP contribution in [-0.4, -0.2) is 23.9 Å². The highest BCUT2D eigenvalue weighted by Crippen LogP contribution is 2.18. The third kappa shape index (κ3) is 2.76. The van der Waals surface area contributed by atoms with Crippen LogP contribution < -0.4 is 5.32 Å². The van der Waals surface area contributed by atoms with Crippen molar-refractivity contribution in [2.45, 2.75) is 12.8 Å². The van der Waals surface area contributed by atoms with Crippen LogP contribution >= 0.6 is 15.9 Å². The van der Waals surface area contributed by atoms with Gasteiger partial charge in [-0.3, -0.25) is 4.79 Å². The molecule has 0 aromatic heterocycles. The molecule has 0 saturated carbocycles. The molecular weight excluding hydrogens is 268 g/mol. The van der Waals surface area contributed by atoms with Crippen molar-refractivity contribution in [1.29, 1.82) is 0 Å². The van der Waals surface area contributed by atoms with Crippen LogP contribution in [0.4, 0.5) is 0 Å². The fourth-order valence-electron chi connectivity index (χ4n) is 1.75. The fraction of sp³-hybridized carbons (Fsp3) is 0.333. The molecular formula is C12H14BrN2O. The number of hydrogen-bond donors (Lipinski definition) is 1. The quantitative estimate of drug-likeness (QED) is 0.859. The molecule has 0 aromatic rings. The fourth-order valence-corrected chi connectivity index (χ4v) is 2.15. The van der Waals surface area contributed by atoms with Crippen LogP contribution in [0.3, 0.4) is 0 Å². The summed E-state index contributed by atoms with van der Waals surface area (Å²) in [6, 6.07) is 0. The number of dihydropyridines is 1. The van der Waals surface area contributed by atoms with Crippen molar-refractivity contribution in [3.05, 3.63) is 41.0 Å². The molecule has 0 atom stereocenters. The first-order valence-corrected chi connectivity index (χ1v) is 6.17.